The van der Waals surface area contributed by atoms with E-state index in [1.807, 2.05) is 57.2 Å². The molecule has 1 aliphatic rings. The van der Waals surface area contributed by atoms with Crippen LogP contribution in [0.15, 0.2) is 36.4 Å². The molecule has 3 rings (SSSR count). The number of nitrogens with one attached hydrogen (secondary N) is 2. The van der Waals surface area contributed by atoms with Gasteiger partial charge >= 0.3 is 6.03 Å². The number of aryl methyl sites for hydroxylation is 1. The number of carbonyl (C=O) groups excluding carboxylic acids is 2. The minimum atomic E-state index is -0.322. The summed E-state index contributed by atoms with van der Waals surface area (Å²) in [5.41, 5.74) is 3.90. The molecule has 7 heteroatoms. The van der Waals surface area contributed by atoms with Gasteiger partial charge in [0, 0.05) is 24.7 Å². The molecule has 31 heavy (non-hydrogen) atoms. The zero-order chi connectivity index (χ0) is 22.5. The van der Waals surface area contributed by atoms with Gasteiger partial charge in [-0.3, -0.25) is 4.79 Å². The largest absolute Gasteiger partial charge is 0.493 e. The predicted octanol–water partition coefficient (Wildman–Crippen LogP) is 3.92. The molecule has 0 fully saturated rings. The minimum absolute atomic E-state index is 0.0495. The van der Waals surface area contributed by atoms with Gasteiger partial charge in [-0.15, -0.1) is 0 Å². The highest BCUT2D eigenvalue weighted by Gasteiger charge is 2.32. The van der Waals surface area contributed by atoms with E-state index in [1.54, 1.807) is 19.1 Å². The van der Waals surface area contributed by atoms with Gasteiger partial charge in [0.25, 0.3) is 0 Å². The van der Waals surface area contributed by atoms with Crippen molar-refractivity contribution in [3.05, 3.63) is 53.1 Å². The van der Waals surface area contributed by atoms with Crippen LogP contribution in [0.1, 0.15) is 36.6 Å². The van der Waals surface area contributed by atoms with E-state index in [1.165, 1.54) is 0 Å². The van der Waals surface area contributed by atoms with Crippen molar-refractivity contribution in [3.63, 3.8) is 0 Å². The van der Waals surface area contributed by atoms with Gasteiger partial charge in [-0.05, 0) is 48.7 Å². The van der Waals surface area contributed by atoms with Crippen LogP contribution in [0.5, 0.6) is 11.5 Å². The lowest BCUT2D eigenvalue weighted by molar-refractivity contribution is -0.124. The Morgan fingerprint density at radius 2 is 1.74 bits per heavy atom. The van der Waals surface area contributed by atoms with Crippen LogP contribution in [0.25, 0.3) is 0 Å². The lowest BCUT2D eigenvalue weighted by Crippen LogP contribution is -2.47. The molecule has 1 heterocycles. The lowest BCUT2D eigenvalue weighted by atomic mass is 9.91. The summed E-state index contributed by atoms with van der Waals surface area (Å²) in [6.07, 6.45) is 0.686. The summed E-state index contributed by atoms with van der Waals surface area (Å²) in [4.78, 5) is 27.2. The first-order chi connectivity index (χ1) is 14.8. The number of ether oxygens (including phenoxy) is 2. The highest BCUT2D eigenvalue weighted by molar-refractivity contribution is 5.90. The SMILES string of the molecule is COc1cc2c(cc1OC)[C@@H](CNC(=O)C(C)C)N(C(=O)Nc1ccc(C)cc1)CC2. The van der Waals surface area contributed by atoms with Crippen molar-refractivity contribution < 1.29 is 19.1 Å². The Labute approximate surface area is 183 Å². The molecule has 0 unspecified atom stereocenters. The summed E-state index contributed by atoms with van der Waals surface area (Å²) in [6.45, 7) is 6.55. The molecular weight excluding hydrogens is 394 g/mol. The summed E-state index contributed by atoms with van der Waals surface area (Å²) in [7, 11) is 3.19. The molecule has 0 spiro atoms. The van der Waals surface area contributed by atoms with Gasteiger partial charge < -0.3 is 25.0 Å². The highest BCUT2D eigenvalue weighted by atomic mass is 16.5. The molecule has 0 aliphatic carbocycles. The number of fused-ring (bicyclic) bond motifs is 1. The summed E-state index contributed by atoms with van der Waals surface area (Å²) < 4.78 is 10.9. The van der Waals surface area contributed by atoms with Crippen molar-refractivity contribution in [3.8, 4) is 11.5 Å². The number of anilines is 1. The first kappa shape index (κ1) is 22.5. The molecule has 0 radical (unpaired) electrons. The van der Waals surface area contributed by atoms with E-state index in [0.717, 1.165) is 22.4 Å². The number of amides is 3. The number of hydrogen-bond donors (Lipinski definition) is 2. The molecule has 3 amide bonds. The van der Waals surface area contributed by atoms with Crippen molar-refractivity contribution in [2.24, 2.45) is 5.92 Å². The molecule has 1 atom stereocenters. The first-order valence-corrected chi connectivity index (χ1v) is 10.5. The number of benzene rings is 2. The van der Waals surface area contributed by atoms with E-state index < -0.39 is 0 Å². The molecular formula is C24H31N3O4. The Morgan fingerprint density at radius 3 is 2.35 bits per heavy atom. The molecule has 7 nitrogen and oxygen atoms in total. The summed E-state index contributed by atoms with van der Waals surface area (Å²) in [5.74, 6) is 1.07. The second-order valence-corrected chi connectivity index (χ2v) is 8.06. The fourth-order valence-corrected chi connectivity index (χ4v) is 3.72. The van der Waals surface area contributed by atoms with Crippen LogP contribution >= 0.6 is 0 Å². The zero-order valence-corrected chi connectivity index (χ0v) is 18.8. The first-order valence-electron chi connectivity index (χ1n) is 10.5. The van der Waals surface area contributed by atoms with E-state index in [0.29, 0.717) is 31.0 Å². The number of nitrogens with zero attached hydrogens (tertiary/aromatic N) is 1. The summed E-state index contributed by atoms with van der Waals surface area (Å²) in [6, 6.07) is 11.0. The third-order valence-corrected chi connectivity index (χ3v) is 5.56. The van der Waals surface area contributed by atoms with Crippen LogP contribution < -0.4 is 20.1 Å². The summed E-state index contributed by atoms with van der Waals surface area (Å²) >= 11 is 0. The number of carbonyl (C=O) groups is 2. The monoisotopic (exact) mass is 425 g/mol. The standard InChI is InChI=1S/C24H31N3O4/c1-15(2)23(28)25-14-20-19-13-22(31-5)21(30-4)12-17(19)10-11-27(20)24(29)26-18-8-6-16(3)7-9-18/h6-9,12-13,15,20H,10-11,14H2,1-5H3,(H,25,28)(H,26,29)/t20-/m1/s1. The van der Waals surface area contributed by atoms with Gasteiger partial charge in [0.05, 0.1) is 20.3 Å². The maximum Gasteiger partial charge on any atom is 0.322 e. The van der Waals surface area contributed by atoms with Crippen LogP contribution in [0.4, 0.5) is 10.5 Å². The van der Waals surface area contributed by atoms with E-state index >= 15 is 0 Å². The third-order valence-electron chi connectivity index (χ3n) is 5.56. The van der Waals surface area contributed by atoms with Gasteiger partial charge in [0.1, 0.15) is 0 Å². The van der Waals surface area contributed by atoms with E-state index in [4.69, 9.17) is 9.47 Å². The molecule has 2 N–H and O–H groups in total. The van der Waals surface area contributed by atoms with Crippen molar-refractivity contribution >= 4 is 17.6 Å². The lowest BCUT2D eigenvalue weighted by Gasteiger charge is -2.38. The van der Waals surface area contributed by atoms with Crippen LogP contribution in [0, 0.1) is 12.8 Å². The maximum absolute atomic E-state index is 13.2. The Kier molecular flexibility index (Phi) is 7.05. The molecule has 0 saturated heterocycles. The number of hydrogen-bond acceptors (Lipinski definition) is 4. The predicted molar refractivity (Wildman–Crippen MR) is 121 cm³/mol. The number of methoxy groups -OCH3 is 2. The molecule has 1 aliphatic heterocycles. The van der Waals surface area contributed by atoms with Gasteiger partial charge in [0.15, 0.2) is 11.5 Å². The Balaban J connectivity index is 1.91. The average molecular weight is 426 g/mol. The molecule has 166 valence electrons. The maximum atomic E-state index is 13.2. The Hall–Kier alpha value is -3.22. The smallest absolute Gasteiger partial charge is 0.322 e. The Bertz CT molecular complexity index is 941. The Morgan fingerprint density at radius 1 is 1.10 bits per heavy atom. The zero-order valence-electron chi connectivity index (χ0n) is 18.8. The average Bonchev–Trinajstić information content (AvgIpc) is 2.77. The number of urea groups is 1. The normalized spacial score (nSPS) is 15.3. The van der Waals surface area contributed by atoms with Crippen molar-refractivity contribution in [2.45, 2.75) is 33.2 Å². The second kappa shape index (κ2) is 9.73. The van der Waals surface area contributed by atoms with E-state index in [2.05, 4.69) is 10.6 Å². The van der Waals surface area contributed by atoms with Crippen LogP contribution in [0.3, 0.4) is 0 Å². The molecule has 0 saturated carbocycles. The quantitative estimate of drug-likeness (QED) is 0.735. The van der Waals surface area contributed by atoms with Crippen molar-refractivity contribution in [2.75, 3.05) is 32.6 Å². The van der Waals surface area contributed by atoms with Gasteiger partial charge in [0.2, 0.25) is 5.91 Å². The van der Waals surface area contributed by atoms with Crippen LogP contribution in [-0.2, 0) is 11.2 Å². The minimum Gasteiger partial charge on any atom is -0.493 e. The van der Waals surface area contributed by atoms with E-state index in [-0.39, 0.29) is 23.9 Å². The fraction of sp³-hybridized carbons (Fsp3) is 0.417. The summed E-state index contributed by atoms with van der Waals surface area (Å²) in [5, 5.41) is 5.96. The molecule has 0 aromatic heterocycles. The molecule has 0 bridgehead atoms. The van der Waals surface area contributed by atoms with E-state index in [9.17, 15) is 9.59 Å². The van der Waals surface area contributed by atoms with Crippen LogP contribution in [0.2, 0.25) is 0 Å². The van der Waals surface area contributed by atoms with Crippen molar-refractivity contribution in [1.29, 1.82) is 0 Å². The topological polar surface area (TPSA) is 79.9 Å². The van der Waals surface area contributed by atoms with Gasteiger partial charge in [-0.2, -0.15) is 0 Å². The van der Waals surface area contributed by atoms with Gasteiger partial charge in [-0.25, -0.2) is 4.79 Å². The molecule has 2 aromatic carbocycles. The third kappa shape index (κ3) is 5.10. The second-order valence-electron chi connectivity index (χ2n) is 8.06. The highest BCUT2D eigenvalue weighted by Crippen LogP contribution is 2.38. The van der Waals surface area contributed by atoms with Crippen LogP contribution in [-0.4, -0.2) is 44.1 Å². The number of rotatable bonds is 6. The van der Waals surface area contributed by atoms with Gasteiger partial charge in [-0.1, -0.05) is 31.5 Å². The van der Waals surface area contributed by atoms with Crippen molar-refractivity contribution in [1.82, 2.24) is 10.2 Å². The molecule has 2 aromatic rings. The fourth-order valence-electron chi connectivity index (χ4n) is 3.72.